The van der Waals surface area contributed by atoms with E-state index < -0.39 is 0 Å². The highest BCUT2D eigenvalue weighted by Crippen LogP contribution is 2.25. The summed E-state index contributed by atoms with van der Waals surface area (Å²) in [6.45, 7) is 6.56. The van der Waals surface area contributed by atoms with Crippen LogP contribution in [0.3, 0.4) is 0 Å². The van der Waals surface area contributed by atoms with Gasteiger partial charge in [-0.1, -0.05) is 38.5 Å². The van der Waals surface area contributed by atoms with E-state index in [1.54, 1.807) is 11.8 Å². The van der Waals surface area contributed by atoms with Crippen LogP contribution in [0.15, 0.2) is 29.2 Å². The topological polar surface area (TPSA) is 64.3 Å². The molecule has 0 radical (unpaired) electrons. The Hall–Kier alpha value is -1.04. The summed E-state index contributed by atoms with van der Waals surface area (Å²) in [5.74, 6) is 5.20. The molecule has 18 heavy (non-hydrogen) atoms. The normalized spacial score (nSPS) is 11.3. The van der Waals surface area contributed by atoms with Gasteiger partial charge in [0.2, 0.25) is 0 Å². The zero-order valence-electron chi connectivity index (χ0n) is 11.0. The first-order valence-corrected chi connectivity index (χ1v) is 6.80. The predicted molar refractivity (Wildman–Crippen MR) is 73.9 cm³/mol. The molecule has 0 aliphatic rings. The van der Waals surface area contributed by atoms with E-state index >= 15 is 0 Å². The number of thioether (sulfide) groups is 1. The zero-order chi connectivity index (χ0) is 13.6. The molecule has 0 aromatic heterocycles. The molecule has 0 unspecified atom stereocenters. The molecule has 0 atom stereocenters. The summed E-state index contributed by atoms with van der Waals surface area (Å²) in [6, 6.07) is 8.42. The van der Waals surface area contributed by atoms with Crippen molar-refractivity contribution in [2.75, 3.05) is 5.75 Å². The number of rotatable bonds is 5. The summed E-state index contributed by atoms with van der Waals surface area (Å²) in [4.78, 5) is 16.6. The number of carbonyl (C=O) groups excluding carboxylic acids is 1. The fraction of sp³-hybridized carbons (Fsp3) is 0.462. The highest BCUT2D eigenvalue weighted by molar-refractivity contribution is 7.99. The second-order valence-corrected chi connectivity index (χ2v) is 6.13. The van der Waals surface area contributed by atoms with Gasteiger partial charge in [0.05, 0.1) is 6.42 Å². The van der Waals surface area contributed by atoms with Crippen molar-refractivity contribution in [1.82, 2.24) is 5.59 Å². The van der Waals surface area contributed by atoms with Crippen molar-refractivity contribution < 1.29 is 9.63 Å². The zero-order valence-corrected chi connectivity index (χ0v) is 11.8. The van der Waals surface area contributed by atoms with Gasteiger partial charge >= 0.3 is 5.97 Å². The van der Waals surface area contributed by atoms with E-state index in [2.05, 4.69) is 49.9 Å². The van der Waals surface area contributed by atoms with Gasteiger partial charge < -0.3 is 4.84 Å². The maximum atomic E-state index is 11.0. The maximum Gasteiger partial charge on any atom is 0.327 e. The molecule has 5 heteroatoms. The lowest BCUT2D eigenvalue weighted by Crippen LogP contribution is -2.26. The molecule has 0 aliphatic heterocycles. The van der Waals surface area contributed by atoms with Crippen LogP contribution in [0.1, 0.15) is 32.8 Å². The summed E-state index contributed by atoms with van der Waals surface area (Å²) in [7, 11) is 0. The maximum absolute atomic E-state index is 11.0. The largest absolute Gasteiger partial charge is 0.356 e. The third kappa shape index (κ3) is 5.08. The molecule has 1 aromatic rings. The van der Waals surface area contributed by atoms with Gasteiger partial charge in [0.25, 0.3) is 0 Å². The average Bonchev–Trinajstić information content (AvgIpc) is 2.29. The number of benzene rings is 1. The molecule has 100 valence electrons. The first kappa shape index (κ1) is 15.0. The van der Waals surface area contributed by atoms with Gasteiger partial charge in [0.15, 0.2) is 0 Å². The summed E-state index contributed by atoms with van der Waals surface area (Å²) < 4.78 is 0. The van der Waals surface area contributed by atoms with Gasteiger partial charge in [-0.3, -0.25) is 4.79 Å². The molecule has 3 N–H and O–H groups in total. The number of nitrogens with one attached hydrogen (secondary N) is 1. The molecule has 0 saturated heterocycles. The van der Waals surface area contributed by atoms with Crippen LogP contribution in [0, 0.1) is 0 Å². The number of hydrogen-bond acceptors (Lipinski definition) is 5. The van der Waals surface area contributed by atoms with E-state index in [0.29, 0.717) is 12.2 Å². The summed E-state index contributed by atoms with van der Waals surface area (Å²) >= 11 is 1.62. The third-order valence-corrected chi connectivity index (χ3v) is 3.48. The molecule has 0 heterocycles. The quantitative estimate of drug-likeness (QED) is 0.488. The minimum Gasteiger partial charge on any atom is -0.356 e. The monoisotopic (exact) mass is 268 g/mol. The molecule has 0 spiro atoms. The molecule has 1 rings (SSSR count). The predicted octanol–water partition coefficient (Wildman–Crippen LogP) is 2.39. The lowest BCUT2D eigenvalue weighted by Gasteiger charge is -2.19. The number of hydrogen-bond donors (Lipinski definition) is 2. The standard InChI is InChI=1S/C13H20N2O2S/c1-13(2,3)10-4-6-11(7-5-10)18-9-8-12(16)17-15-14/h4-7,15H,8-9,14H2,1-3H3. The van der Waals surface area contributed by atoms with E-state index in [9.17, 15) is 4.79 Å². The van der Waals surface area contributed by atoms with Crippen LogP contribution in [-0.4, -0.2) is 11.7 Å². The first-order chi connectivity index (χ1) is 8.43. The Morgan fingerprint density at radius 2 is 1.94 bits per heavy atom. The van der Waals surface area contributed by atoms with Crippen LogP contribution in [-0.2, 0) is 15.0 Å². The van der Waals surface area contributed by atoms with Crippen LogP contribution in [0.25, 0.3) is 0 Å². The van der Waals surface area contributed by atoms with Crippen LogP contribution in [0.5, 0.6) is 0 Å². The van der Waals surface area contributed by atoms with Crippen LogP contribution >= 0.6 is 11.8 Å². The fourth-order valence-electron chi connectivity index (χ4n) is 1.42. The van der Waals surface area contributed by atoms with Gasteiger partial charge in [0.1, 0.15) is 0 Å². The summed E-state index contributed by atoms with van der Waals surface area (Å²) in [5, 5.41) is 0. The Labute approximate surface area is 112 Å². The highest BCUT2D eigenvalue weighted by Gasteiger charge is 2.12. The third-order valence-electron chi connectivity index (χ3n) is 2.47. The number of nitrogens with two attached hydrogens (primary N) is 1. The van der Waals surface area contributed by atoms with Crippen LogP contribution in [0.4, 0.5) is 0 Å². The second kappa shape index (κ2) is 6.78. The van der Waals surface area contributed by atoms with Gasteiger partial charge in [-0.05, 0) is 23.1 Å². The summed E-state index contributed by atoms with van der Waals surface area (Å²) in [5.41, 5.74) is 3.35. The Morgan fingerprint density at radius 1 is 1.33 bits per heavy atom. The molecule has 0 bridgehead atoms. The van der Waals surface area contributed by atoms with Crippen molar-refractivity contribution in [3.8, 4) is 0 Å². The lowest BCUT2D eigenvalue weighted by molar-refractivity contribution is -0.150. The number of hydrazine groups is 1. The molecule has 0 aliphatic carbocycles. The van der Waals surface area contributed by atoms with E-state index in [4.69, 9.17) is 5.84 Å². The Kier molecular flexibility index (Phi) is 5.65. The minimum absolute atomic E-state index is 0.166. The first-order valence-electron chi connectivity index (χ1n) is 5.82. The van der Waals surface area contributed by atoms with Gasteiger partial charge in [-0.25, -0.2) is 5.84 Å². The van der Waals surface area contributed by atoms with Crippen molar-refractivity contribution in [1.29, 1.82) is 0 Å². The minimum atomic E-state index is -0.351. The molecule has 0 saturated carbocycles. The Balaban J connectivity index is 2.42. The van der Waals surface area contributed by atoms with Crippen molar-refractivity contribution in [2.24, 2.45) is 5.84 Å². The van der Waals surface area contributed by atoms with Crippen molar-refractivity contribution in [2.45, 2.75) is 37.5 Å². The van der Waals surface area contributed by atoms with Gasteiger partial charge in [0, 0.05) is 10.6 Å². The molecular formula is C13H20N2O2S. The van der Waals surface area contributed by atoms with E-state index in [1.165, 1.54) is 5.56 Å². The van der Waals surface area contributed by atoms with E-state index in [1.807, 2.05) is 5.59 Å². The van der Waals surface area contributed by atoms with Crippen molar-refractivity contribution in [3.05, 3.63) is 29.8 Å². The van der Waals surface area contributed by atoms with E-state index in [-0.39, 0.29) is 11.4 Å². The molecular weight excluding hydrogens is 248 g/mol. The number of carbonyl (C=O) groups is 1. The molecule has 0 amide bonds. The Morgan fingerprint density at radius 3 is 2.44 bits per heavy atom. The van der Waals surface area contributed by atoms with E-state index in [0.717, 1.165) is 4.90 Å². The molecule has 1 aromatic carbocycles. The molecule has 4 nitrogen and oxygen atoms in total. The smallest absolute Gasteiger partial charge is 0.327 e. The second-order valence-electron chi connectivity index (χ2n) is 4.96. The van der Waals surface area contributed by atoms with Crippen LogP contribution in [0.2, 0.25) is 0 Å². The lowest BCUT2D eigenvalue weighted by atomic mass is 9.87. The van der Waals surface area contributed by atoms with Gasteiger partial charge in [-0.15, -0.1) is 11.8 Å². The van der Waals surface area contributed by atoms with Crippen LogP contribution < -0.4 is 11.4 Å². The Bertz CT molecular complexity index is 385. The van der Waals surface area contributed by atoms with Crippen molar-refractivity contribution in [3.63, 3.8) is 0 Å². The molecule has 0 fully saturated rings. The van der Waals surface area contributed by atoms with Crippen molar-refractivity contribution >= 4 is 17.7 Å². The highest BCUT2D eigenvalue weighted by atomic mass is 32.2. The average molecular weight is 268 g/mol. The SMILES string of the molecule is CC(C)(C)c1ccc(SCCC(=O)ONN)cc1. The van der Waals surface area contributed by atoms with Gasteiger partial charge in [-0.2, -0.15) is 0 Å². The summed E-state index contributed by atoms with van der Waals surface area (Å²) in [6.07, 6.45) is 0.329. The fourth-order valence-corrected chi connectivity index (χ4v) is 2.25.